The SMILES string of the molecule is Cc1c(C(=O)NC(CCC(C)(C)C)C(=O)O)cnn1C1CCOCC1. The third kappa shape index (κ3) is 5.29. The van der Waals surface area contributed by atoms with Crippen LogP contribution in [0.5, 0.6) is 0 Å². The first kappa shape index (κ1) is 19.4. The summed E-state index contributed by atoms with van der Waals surface area (Å²) < 4.78 is 7.23. The van der Waals surface area contributed by atoms with Crippen molar-refractivity contribution >= 4 is 11.9 Å². The first-order valence-electron chi connectivity index (χ1n) is 8.84. The third-order valence-electron chi connectivity index (χ3n) is 4.61. The van der Waals surface area contributed by atoms with E-state index in [0.29, 0.717) is 31.6 Å². The second-order valence-electron chi connectivity index (χ2n) is 7.90. The molecule has 1 aliphatic heterocycles. The predicted molar refractivity (Wildman–Crippen MR) is 93.6 cm³/mol. The van der Waals surface area contributed by atoms with Crippen LogP contribution in [0.15, 0.2) is 6.20 Å². The van der Waals surface area contributed by atoms with Crippen LogP contribution in [-0.2, 0) is 9.53 Å². The minimum Gasteiger partial charge on any atom is -0.480 e. The fourth-order valence-electron chi connectivity index (χ4n) is 3.01. The number of aromatic nitrogens is 2. The monoisotopic (exact) mass is 351 g/mol. The molecule has 2 rings (SSSR count). The van der Waals surface area contributed by atoms with Crippen LogP contribution in [0.1, 0.15) is 68.5 Å². The number of carbonyl (C=O) groups excluding carboxylic acids is 1. The van der Waals surface area contributed by atoms with Gasteiger partial charge in [0, 0.05) is 18.9 Å². The quantitative estimate of drug-likeness (QED) is 0.821. The van der Waals surface area contributed by atoms with E-state index in [2.05, 4.69) is 31.2 Å². The number of rotatable bonds is 6. The summed E-state index contributed by atoms with van der Waals surface area (Å²) in [4.78, 5) is 24.0. The van der Waals surface area contributed by atoms with E-state index in [1.54, 1.807) is 0 Å². The highest BCUT2D eigenvalue weighted by molar-refractivity contribution is 5.97. The number of carboxylic acids is 1. The van der Waals surface area contributed by atoms with Crippen molar-refractivity contribution in [1.29, 1.82) is 0 Å². The summed E-state index contributed by atoms with van der Waals surface area (Å²) >= 11 is 0. The fraction of sp³-hybridized carbons (Fsp3) is 0.722. The molecule has 0 bridgehead atoms. The van der Waals surface area contributed by atoms with Crippen LogP contribution in [0.25, 0.3) is 0 Å². The predicted octanol–water partition coefficient (Wildman–Crippen LogP) is 2.55. The average molecular weight is 351 g/mol. The molecule has 140 valence electrons. The molecule has 1 saturated heterocycles. The Morgan fingerprint density at radius 3 is 2.60 bits per heavy atom. The van der Waals surface area contributed by atoms with Gasteiger partial charge in [0.05, 0.1) is 17.8 Å². The van der Waals surface area contributed by atoms with E-state index in [4.69, 9.17) is 4.74 Å². The molecular formula is C18H29N3O4. The summed E-state index contributed by atoms with van der Waals surface area (Å²) in [5.41, 5.74) is 1.22. The third-order valence-corrected chi connectivity index (χ3v) is 4.61. The molecule has 0 aliphatic carbocycles. The Hall–Kier alpha value is -1.89. The largest absolute Gasteiger partial charge is 0.480 e. The van der Waals surface area contributed by atoms with Gasteiger partial charge in [-0.2, -0.15) is 5.10 Å². The normalized spacial score (nSPS) is 17.3. The molecule has 7 heteroatoms. The van der Waals surface area contributed by atoms with Gasteiger partial charge in [0.15, 0.2) is 0 Å². The second kappa shape index (κ2) is 7.99. The van der Waals surface area contributed by atoms with Crippen molar-refractivity contribution in [3.8, 4) is 0 Å². The molecule has 7 nitrogen and oxygen atoms in total. The molecule has 1 unspecified atom stereocenters. The minimum atomic E-state index is -1.01. The van der Waals surface area contributed by atoms with Crippen molar-refractivity contribution in [2.75, 3.05) is 13.2 Å². The highest BCUT2D eigenvalue weighted by Crippen LogP contribution is 2.24. The van der Waals surface area contributed by atoms with E-state index >= 15 is 0 Å². The van der Waals surface area contributed by atoms with Crippen molar-refractivity contribution in [3.05, 3.63) is 17.5 Å². The number of nitrogens with zero attached hydrogens (tertiary/aromatic N) is 2. The number of carboxylic acid groups (broad SMARTS) is 1. The van der Waals surface area contributed by atoms with Gasteiger partial charge in [-0.15, -0.1) is 0 Å². The number of aliphatic carboxylic acids is 1. The second-order valence-corrected chi connectivity index (χ2v) is 7.90. The van der Waals surface area contributed by atoms with Gasteiger partial charge >= 0.3 is 5.97 Å². The van der Waals surface area contributed by atoms with E-state index in [1.165, 1.54) is 6.20 Å². The first-order chi connectivity index (χ1) is 11.7. The van der Waals surface area contributed by atoms with Crippen LogP contribution in [0.4, 0.5) is 0 Å². The molecular weight excluding hydrogens is 322 g/mol. The molecule has 0 radical (unpaired) electrons. The maximum atomic E-state index is 12.5. The number of nitrogens with one attached hydrogen (secondary N) is 1. The molecule has 1 aromatic rings. The lowest BCUT2D eigenvalue weighted by Crippen LogP contribution is -2.41. The van der Waals surface area contributed by atoms with Crippen LogP contribution in [-0.4, -0.2) is 46.0 Å². The van der Waals surface area contributed by atoms with Crippen LogP contribution < -0.4 is 5.32 Å². The summed E-state index contributed by atoms with van der Waals surface area (Å²) in [6.07, 6.45) is 4.38. The maximum Gasteiger partial charge on any atom is 0.326 e. The summed E-state index contributed by atoms with van der Waals surface area (Å²) in [5.74, 6) is -1.39. The van der Waals surface area contributed by atoms with Crippen LogP contribution in [0.3, 0.4) is 0 Å². The Labute approximate surface area is 148 Å². The van der Waals surface area contributed by atoms with Crippen molar-refractivity contribution in [2.24, 2.45) is 5.41 Å². The Morgan fingerprint density at radius 2 is 2.04 bits per heavy atom. The van der Waals surface area contributed by atoms with Gasteiger partial charge in [-0.05, 0) is 38.0 Å². The van der Waals surface area contributed by atoms with Gasteiger partial charge < -0.3 is 15.2 Å². The molecule has 2 heterocycles. The van der Waals surface area contributed by atoms with E-state index in [0.717, 1.165) is 18.5 Å². The van der Waals surface area contributed by atoms with E-state index in [-0.39, 0.29) is 17.4 Å². The fourth-order valence-corrected chi connectivity index (χ4v) is 3.01. The molecule has 1 amide bonds. The van der Waals surface area contributed by atoms with Crippen molar-refractivity contribution < 1.29 is 19.4 Å². The molecule has 1 fully saturated rings. The van der Waals surface area contributed by atoms with Gasteiger partial charge in [-0.3, -0.25) is 9.48 Å². The Bertz CT molecular complexity index is 612. The van der Waals surface area contributed by atoms with Crippen LogP contribution in [0, 0.1) is 12.3 Å². The zero-order valence-electron chi connectivity index (χ0n) is 15.5. The summed E-state index contributed by atoms with van der Waals surface area (Å²) in [5, 5.41) is 16.4. The summed E-state index contributed by atoms with van der Waals surface area (Å²) in [6, 6.07) is -0.663. The topological polar surface area (TPSA) is 93.5 Å². The Balaban J connectivity index is 2.06. The zero-order chi connectivity index (χ0) is 18.6. The molecule has 0 spiro atoms. The molecule has 0 aromatic carbocycles. The number of ether oxygens (including phenoxy) is 1. The van der Waals surface area contributed by atoms with Crippen molar-refractivity contribution in [2.45, 2.75) is 65.5 Å². The Kier molecular flexibility index (Phi) is 6.21. The zero-order valence-corrected chi connectivity index (χ0v) is 15.5. The number of carbonyl (C=O) groups is 2. The minimum absolute atomic E-state index is 0.0162. The van der Waals surface area contributed by atoms with E-state index in [9.17, 15) is 14.7 Å². The van der Waals surface area contributed by atoms with Crippen LogP contribution >= 0.6 is 0 Å². The number of hydrogen-bond donors (Lipinski definition) is 2. The Morgan fingerprint density at radius 1 is 1.40 bits per heavy atom. The first-order valence-corrected chi connectivity index (χ1v) is 8.84. The highest BCUT2D eigenvalue weighted by Gasteiger charge is 2.26. The smallest absolute Gasteiger partial charge is 0.326 e. The molecule has 2 N–H and O–H groups in total. The molecule has 0 saturated carbocycles. The highest BCUT2D eigenvalue weighted by atomic mass is 16.5. The molecule has 1 aliphatic rings. The van der Waals surface area contributed by atoms with Crippen molar-refractivity contribution in [1.82, 2.24) is 15.1 Å². The lowest BCUT2D eigenvalue weighted by molar-refractivity contribution is -0.139. The lowest BCUT2D eigenvalue weighted by Gasteiger charge is -2.24. The van der Waals surface area contributed by atoms with E-state index in [1.807, 2.05) is 11.6 Å². The standard InChI is InChI=1S/C18H29N3O4/c1-12-14(11-19-21(12)13-6-9-25-10-7-13)16(22)20-15(17(23)24)5-8-18(2,3)4/h11,13,15H,5-10H2,1-4H3,(H,20,22)(H,23,24). The van der Waals surface area contributed by atoms with Gasteiger partial charge in [0.25, 0.3) is 5.91 Å². The molecule has 1 atom stereocenters. The van der Waals surface area contributed by atoms with E-state index < -0.39 is 12.0 Å². The van der Waals surface area contributed by atoms with Gasteiger partial charge in [0.2, 0.25) is 0 Å². The van der Waals surface area contributed by atoms with Gasteiger partial charge in [-0.25, -0.2) is 4.79 Å². The maximum absolute atomic E-state index is 12.5. The van der Waals surface area contributed by atoms with Crippen LogP contribution in [0.2, 0.25) is 0 Å². The summed E-state index contributed by atoms with van der Waals surface area (Å²) in [7, 11) is 0. The van der Waals surface area contributed by atoms with Gasteiger partial charge in [0.1, 0.15) is 6.04 Å². The molecule has 25 heavy (non-hydrogen) atoms. The van der Waals surface area contributed by atoms with Gasteiger partial charge in [-0.1, -0.05) is 20.8 Å². The lowest BCUT2D eigenvalue weighted by atomic mass is 9.88. The number of amides is 1. The molecule has 1 aromatic heterocycles. The average Bonchev–Trinajstić information content (AvgIpc) is 2.92. The summed E-state index contributed by atoms with van der Waals surface area (Å²) in [6.45, 7) is 9.39. The number of hydrogen-bond acceptors (Lipinski definition) is 4. The van der Waals surface area contributed by atoms with Crippen molar-refractivity contribution in [3.63, 3.8) is 0 Å².